The standard InChI is InChI=1S/C25H36O3/c1-7-25(5,6)21-10-14-23(15-11-21)28-19-17-26-16-18-27-22-12-8-20(9-13-22)24(2,3)4/h8-15H,7,16-19H2,1-6H3. The molecule has 154 valence electrons. The average molecular weight is 385 g/mol. The van der Waals surface area contributed by atoms with Gasteiger partial charge in [0.05, 0.1) is 13.2 Å². The lowest BCUT2D eigenvalue weighted by Crippen LogP contribution is -2.15. The highest BCUT2D eigenvalue weighted by Gasteiger charge is 2.17. The van der Waals surface area contributed by atoms with E-state index in [1.54, 1.807) is 0 Å². The van der Waals surface area contributed by atoms with Crippen molar-refractivity contribution in [3.05, 3.63) is 59.7 Å². The molecule has 0 aromatic heterocycles. The summed E-state index contributed by atoms with van der Waals surface area (Å²) in [5.41, 5.74) is 3.01. The lowest BCUT2D eigenvalue weighted by atomic mass is 9.82. The summed E-state index contributed by atoms with van der Waals surface area (Å²) in [6.07, 6.45) is 1.11. The first-order chi connectivity index (χ1) is 13.2. The van der Waals surface area contributed by atoms with Gasteiger partial charge in [0.2, 0.25) is 0 Å². The molecular weight excluding hydrogens is 348 g/mol. The van der Waals surface area contributed by atoms with E-state index in [0.717, 1.165) is 17.9 Å². The van der Waals surface area contributed by atoms with Gasteiger partial charge in [-0.15, -0.1) is 0 Å². The Kier molecular flexibility index (Phi) is 7.94. The highest BCUT2D eigenvalue weighted by Crippen LogP contribution is 2.28. The van der Waals surface area contributed by atoms with Crippen LogP contribution in [-0.2, 0) is 15.6 Å². The Balaban J connectivity index is 1.61. The SMILES string of the molecule is CCC(C)(C)c1ccc(OCCOCCOc2ccc(C(C)(C)C)cc2)cc1. The van der Waals surface area contributed by atoms with Crippen molar-refractivity contribution in [3.63, 3.8) is 0 Å². The zero-order valence-corrected chi connectivity index (χ0v) is 18.4. The van der Waals surface area contributed by atoms with Gasteiger partial charge in [-0.25, -0.2) is 0 Å². The first-order valence-electron chi connectivity index (χ1n) is 10.3. The fraction of sp³-hybridized carbons (Fsp3) is 0.520. The van der Waals surface area contributed by atoms with E-state index < -0.39 is 0 Å². The van der Waals surface area contributed by atoms with Crippen molar-refractivity contribution in [2.45, 2.75) is 58.8 Å². The topological polar surface area (TPSA) is 27.7 Å². The monoisotopic (exact) mass is 384 g/mol. The second-order valence-corrected chi connectivity index (χ2v) is 8.85. The van der Waals surface area contributed by atoms with Gasteiger partial charge in [0, 0.05) is 0 Å². The van der Waals surface area contributed by atoms with Crippen molar-refractivity contribution < 1.29 is 14.2 Å². The molecule has 0 unspecified atom stereocenters. The highest BCUT2D eigenvalue weighted by molar-refractivity contribution is 5.32. The molecule has 0 saturated heterocycles. The second-order valence-electron chi connectivity index (χ2n) is 8.85. The van der Waals surface area contributed by atoms with Crippen molar-refractivity contribution in [2.75, 3.05) is 26.4 Å². The molecule has 3 heteroatoms. The van der Waals surface area contributed by atoms with Crippen LogP contribution in [0.25, 0.3) is 0 Å². The summed E-state index contributed by atoms with van der Waals surface area (Å²) in [4.78, 5) is 0. The van der Waals surface area contributed by atoms with E-state index in [-0.39, 0.29) is 10.8 Å². The van der Waals surface area contributed by atoms with Crippen molar-refractivity contribution >= 4 is 0 Å². The zero-order chi connectivity index (χ0) is 20.6. The molecule has 0 spiro atoms. The lowest BCUT2D eigenvalue weighted by molar-refractivity contribution is 0.0764. The Morgan fingerprint density at radius 3 is 1.43 bits per heavy atom. The van der Waals surface area contributed by atoms with E-state index >= 15 is 0 Å². The minimum absolute atomic E-state index is 0.161. The summed E-state index contributed by atoms with van der Waals surface area (Å²) >= 11 is 0. The van der Waals surface area contributed by atoms with E-state index in [4.69, 9.17) is 14.2 Å². The van der Waals surface area contributed by atoms with Crippen LogP contribution in [-0.4, -0.2) is 26.4 Å². The zero-order valence-electron chi connectivity index (χ0n) is 18.4. The molecule has 0 aliphatic rings. The molecule has 0 aliphatic carbocycles. The fourth-order valence-corrected chi connectivity index (χ4v) is 2.80. The fourth-order valence-electron chi connectivity index (χ4n) is 2.80. The molecule has 2 rings (SSSR count). The minimum atomic E-state index is 0.161. The molecule has 0 fully saturated rings. The van der Waals surface area contributed by atoms with Gasteiger partial charge < -0.3 is 14.2 Å². The van der Waals surface area contributed by atoms with Crippen molar-refractivity contribution in [2.24, 2.45) is 0 Å². The molecule has 28 heavy (non-hydrogen) atoms. The molecule has 0 atom stereocenters. The molecular formula is C25H36O3. The first-order valence-corrected chi connectivity index (χ1v) is 10.3. The number of benzene rings is 2. The highest BCUT2D eigenvalue weighted by atomic mass is 16.5. The van der Waals surface area contributed by atoms with Crippen molar-refractivity contribution in [1.29, 1.82) is 0 Å². The molecule has 0 radical (unpaired) electrons. The van der Waals surface area contributed by atoms with Crippen LogP contribution in [0.5, 0.6) is 11.5 Å². The van der Waals surface area contributed by atoms with Crippen LogP contribution in [0.1, 0.15) is 59.1 Å². The van der Waals surface area contributed by atoms with E-state index in [0.29, 0.717) is 26.4 Å². The van der Waals surface area contributed by atoms with Crippen molar-refractivity contribution in [3.8, 4) is 11.5 Å². The van der Waals surface area contributed by atoms with E-state index in [1.165, 1.54) is 11.1 Å². The molecule has 0 N–H and O–H groups in total. The lowest BCUT2D eigenvalue weighted by Gasteiger charge is -2.23. The van der Waals surface area contributed by atoms with Crippen LogP contribution in [0, 0.1) is 0 Å². The van der Waals surface area contributed by atoms with Gasteiger partial charge in [0.25, 0.3) is 0 Å². The third kappa shape index (κ3) is 6.87. The molecule has 2 aromatic rings. The molecule has 0 aliphatic heterocycles. The molecule has 0 heterocycles. The van der Waals surface area contributed by atoms with Gasteiger partial charge >= 0.3 is 0 Å². The van der Waals surface area contributed by atoms with E-state index in [2.05, 4.69) is 65.8 Å². The quantitative estimate of drug-likeness (QED) is 0.460. The van der Waals surface area contributed by atoms with Crippen LogP contribution in [0.2, 0.25) is 0 Å². The summed E-state index contributed by atoms with van der Waals surface area (Å²) in [7, 11) is 0. The van der Waals surface area contributed by atoms with Gasteiger partial charge in [-0.2, -0.15) is 0 Å². The molecule has 2 aromatic carbocycles. The summed E-state index contributed by atoms with van der Waals surface area (Å²) < 4.78 is 17.1. The largest absolute Gasteiger partial charge is 0.491 e. The molecule has 3 nitrogen and oxygen atoms in total. The summed E-state index contributed by atoms with van der Waals surface area (Å²) in [6.45, 7) is 15.5. The smallest absolute Gasteiger partial charge is 0.119 e. The minimum Gasteiger partial charge on any atom is -0.491 e. The summed E-state index contributed by atoms with van der Waals surface area (Å²) in [6, 6.07) is 16.7. The Morgan fingerprint density at radius 1 is 0.607 bits per heavy atom. The van der Waals surface area contributed by atoms with Gasteiger partial charge in [-0.1, -0.05) is 65.8 Å². The number of hydrogen-bond donors (Lipinski definition) is 0. The van der Waals surface area contributed by atoms with Gasteiger partial charge in [0.1, 0.15) is 24.7 Å². The Morgan fingerprint density at radius 2 is 1.04 bits per heavy atom. The van der Waals surface area contributed by atoms with E-state index in [1.807, 2.05) is 24.3 Å². The van der Waals surface area contributed by atoms with E-state index in [9.17, 15) is 0 Å². The molecule has 0 bridgehead atoms. The maximum atomic E-state index is 5.75. The molecule has 0 amide bonds. The van der Waals surface area contributed by atoms with Gasteiger partial charge in [-0.05, 0) is 52.6 Å². The van der Waals surface area contributed by atoms with Crippen molar-refractivity contribution in [1.82, 2.24) is 0 Å². The predicted octanol–water partition coefficient (Wildman–Crippen LogP) is 6.15. The maximum absolute atomic E-state index is 5.75. The Labute approximate surface area is 171 Å². The molecule has 0 saturated carbocycles. The number of hydrogen-bond acceptors (Lipinski definition) is 3. The van der Waals surface area contributed by atoms with Crippen LogP contribution in [0.15, 0.2) is 48.5 Å². The third-order valence-corrected chi connectivity index (χ3v) is 5.23. The van der Waals surface area contributed by atoms with Gasteiger partial charge in [0.15, 0.2) is 0 Å². The average Bonchev–Trinajstić information content (AvgIpc) is 2.67. The second kappa shape index (κ2) is 9.97. The summed E-state index contributed by atoms with van der Waals surface area (Å²) in [5.74, 6) is 1.76. The van der Waals surface area contributed by atoms with Crippen LogP contribution in [0.4, 0.5) is 0 Å². The Bertz CT molecular complexity index is 694. The van der Waals surface area contributed by atoms with Crippen LogP contribution in [0.3, 0.4) is 0 Å². The number of rotatable bonds is 10. The Hall–Kier alpha value is -2.00. The van der Waals surface area contributed by atoms with Crippen LogP contribution < -0.4 is 9.47 Å². The predicted molar refractivity (Wildman–Crippen MR) is 117 cm³/mol. The third-order valence-electron chi connectivity index (χ3n) is 5.23. The maximum Gasteiger partial charge on any atom is 0.119 e. The number of ether oxygens (including phenoxy) is 3. The summed E-state index contributed by atoms with van der Waals surface area (Å²) in [5, 5.41) is 0. The van der Waals surface area contributed by atoms with Crippen LogP contribution >= 0.6 is 0 Å². The first kappa shape index (κ1) is 22.3. The van der Waals surface area contributed by atoms with Gasteiger partial charge in [-0.3, -0.25) is 0 Å². The normalized spacial score (nSPS) is 12.1.